The number of nitrogens with zero attached hydrogens (tertiary/aromatic N) is 1. The zero-order valence-electron chi connectivity index (χ0n) is 11.1. The zero-order chi connectivity index (χ0) is 13.9. The van der Waals surface area contributed by atoms with Crippen molar-refractivity contribution in [3.63, 3.8) is 0 Å². The van der Waals surface area contributed by atoms with E-state index in [1.54, 1.807) is 12.3 Å². The zero-order valence-corrected chi connectivity index (χ0v) is 11.8. The fourth-order valence-electron chi connectivity index (χ4n) is 2.53. The van der Waals surface area contributed by atoms with E-state index in [1.165, 1.54) is 0 Å². The summed E-state index contributed by atoms with van der Waals surface area (Å²) in [5.41, 5.74) is 0.675. The number of nitrogens with one attached hydrogen (secondary N) is 1. The molecule has 0 unspecified atom stereocenters. The molecule has 1 amide bonds. The molecule has 0 atom stereocenters. The van der Waals surface area contributed by atoms with Gasteiger partial charge in [-0.2, -0.15) is 0 Å². The lowest BCUT2D eigenvalue weighted by Crippen LogP contribution is -2.36. The highest BCUT2D eigenvalue weighted by molar-refractivity contribution is 6.29. The third kappa shape index (κ3) is 3.91. The Morgan fingerprint density at radius 2 is 2.16 bits per heavy atom. The van der Waals surface area contributed by atoms with Gasteiger partial charge in [0.05, 0.1) is 23.9 Å². The third-order valence-electron chi connectivity index (χ3n) is 3.63. The molecule has 4 nitrogen and oxygen atoms in total. The summed E-state index contributed by atoms with van der Waals surface area (Å²) in [6, 6.07) is 1.70. The minimum atomic E-state index is -0.837. The lowest BCUT2D eigenvalue weighted by Gasteiger charge is -2.31. The first kappa shape index (κ1) is 14.3. The van der Waals surface area contributed by atoms with Crippen molar-refractivity contribution in [3.05, 3.63) is 23.0 Å². The number of pyridine rings is 1. The van der Waals surface area contributed by atoms with Crippen LogP contribution >= 0.6 is 11.6 Å². The largest absolute Gasteiger partial charge is 0.389 e. The van der Waals surface area contributed by atoms with Crippen LogP contribution in [0.4, 0.5) is 5.69 Å². The Morgan fingerprint density at radius 3 is 2.79 bits per heavy atom. The van der Waals surface area contributed by atoms with Gasteiger partial charge in [-0.3, -0.25) is 4.79 Å². The molecule has 1 fully saturated rings. The monoisotopic (exact) mass is 282 g/mol. The lowest BCUT2D eigenvalue weighted by molar-refractivity contribution is -0.122. The molecule has 0 aromatic carbocycles. The van der Waals surface area contributed by atoms with E-state index in [0.29, 0.717) is 23.7 Å². The Labute approximate surface area is 118 Å². The number of hydrogen-bond donors (Lipinski definition) is 2. The van der Waals surface area contributed by atoms with Crippen molar-refractivity contribution in [2.45, 2.75) is 51.0 Å². The predicted molar refractivity (Wildman–Crippen MR) is 75.3 cm³/mol. The molecule has 0 spiro atoms. The van der Waals surface area contributed by atoms with Crippen molar-refractivity contribution in [2.75, 3.05) is 5.32 Å². The molecule has 0 radical (unpaired) electrons. The van der Waals surface area contributed by atoms with Crippen LogP contribution in [-0.4, -0.2) is 21.6 Å². The molecule has 2 N–H and O–H groups in total. The van der Waals surface area contributed by atoms with Gasteiger partial charge in [-0.05, 0) is 31.4 Å². The molecule has 1 saturated carbocycles. The van der Waals surface area contributed by atoms with Crippen molar-refractivity contribution >= 4 is 23.2 Å². The van der Waals surface area contributed by atoms with Gasteiger partial charge in [-0.25, -0.2) is 4.98 Å². The second-order valence-corrected chi connectivity index (χ2v) is 5.72. The average Bonchev–Trinajstić information content (AvgIpc) is 2.33. The van der Waals surface area contributed by atoms with Gasteiger partial charge in [0, 0.05) is 0 Å². The Kier molecular flexibility index (Phi) is 4.42. The van der Waals surface area contributed by atoms with E-state index < -0.39 is 5.60 Å². The molecule has 5 heteroatoms. The van der Waals surface area contributed by atoms with E-state index >= 15 is 0 Å². The van der Waals surface area contributed by atoms with Crippen LogP contribution in [0.25, 0.3) is 0 Å². The summed E-state index contributed by atoms with van der Waals surface area (Å²) in [7, 11) is 0. The first-order valence-corrected chi connectivity index (χ1v) is 7.01. The number of carbonyl (C=O) groups excluding carboxylic acids is 1. The molecule has 104 valence electrons. The normalized spacial score (nSPS) is 18.1. The highest BCUT2D eigenvalue weighted by atomic mass is 35.5. The van der Waals surface area contributed by atoms with Crippen LogP contribution in [0.2, 0.25) is 5.15 Å². The van der Waals surface area contributed by atoms with E-state index in [0.717, 1.165) is 24.8 Å². The van der Waals surface area contributed by atoms with Gasteiger partial charge in [0.1, 0.15) is 5.15 Å². The molecule has 0 bridgehead atoms. The summed E-state index contributed by atoms with van der Waals surface area (Å²) in [6.07, 6.45) is 6.23. The van der Waals surface area contributed by atoms with Crippen molar-refractivity contribution < 1.29 is 9.90 Å². The first-order valence-electron chi connectivity index (χ1n) is 6.63. The number of halogens is 1. The predicted octanol–water partition coefficient (Wildman–Crippen LogP) is 3.07. The van der Waals surface area contributed by atoms with Crippen LogP contribution in [0.5, 0.6) is 0 Å². The Morgan fingerprint density at radius 1 is 1.47 bits per heavy atom. The molecule has 1 heterocycles. The minimum absolute atomic E-state index is 0.148. The molecule has 0 aliphatic heterocycles. The fraction of sp³-hybridized carbons (Fsp3) is 0.571. The average molecular weight is 283 g/mol. The summed E-state index contributed by atoms with van der Waals surface area (Å²) in [6.45, 7) is 1.86. The van der Waals surface area contributed by atoms with Crippen molar-refractivity contribution in [1.29, 1.82) is 0 Å². The highest BCUT2D eigenvalue weighted by Gasteiger charge is 2.31. The van der Waals surface area contributed by atoms with Crippen LogP contribution in [-0.2, 0) is 4.79 Å². The van der Waals surface area contributed by atoms with Crippen molar-refractivity contribution in [3.8, 4) is 0 Å². The standard InChI is InChI=1S/C14H19ClN2O2/c1-10-7-12(15)16-9-11(10)17-13(18)8-14(19)5-3-2-4-6-14/h7,9,19H,2-6,8H2,1H3,(H,17,18). The van der Waals surface area contributed by atoms with Gasteiger partial charge in [0.2, 0.25) is 5.91 Å². The molecule has 1 aromatic rings. The topological polar surface area (TPSA) is 62.2 Å². The Bertz CT molecular complexity index is 471. The summed E-state index contributed by atoms with van der Waals surface area (Å²) >= 11 is 5.77. The van der Waals surface area contributed by atoms with Crippen molar-refractivity contribution in [2.24, 2.45) is 0 Å². The number of anilines is 1. The van der Waals surface area contributed by atoms with E-state index in [4.69, 9.17) is 11.6 Å². The molecule has 1 aromatic heterocycles. The lowest BCUT2D eigenvalue weighted by atomic mass is 9.82. The van der Waals surface area contributed by atoms with E-state index in [1.807, 2.05) is 6.92 Å². The molecular weight excluding hydrogens is 264 g/mol. The van der Waals surface area contributed by atoms with Gasteiger partial charge in [0.15, 0.2) is 0 Å². The van der Waals surface area contributed by atoms with Crippen LogP contribution < -0.4 is 5.32 Å². The van der Waals surface area contributed by atoms with Gasteiger partial charge in [-0.1, -0.05) is 30.9 Å². The highest BCUT2D eigenvalue weighted by Crippen LogP contribution is 2.31. The third-order valence-corrected chi connectivity index (χ3v) is 3.83. The quantitative estimate of drug-likeness (QED) is 0.838. The summed E-state index contributed by atoms with van der Waals surface area (Å²) in [5.74, 6) is -0.170. The molecule has 1 aliphatic carbocycles. The first-order chi connectivity index (χ1) is 8.98. The summed E-state index contributed by atoms with van der Waals surface area (Å²) in [5, 5.41) is 13.5. The summed E-state index contributed by atoms with van der Waals surface area (Å²) < 4.78 is 0. The Balaban J connectivity index is 1.97. The smallest absolute Gasteiger partial charge is 0.227 e. The molecule has 0 saturated heterocycles. The Hall–Kier alpha value is -1.13. The molecular formula is C14H19ClN2O2. The second kappa shape index (κ2) is 5.88. The van der Waals surface area contributed by atoms with Crippen LogP contribution in [0.1, 0.15) is 44.1 Å². The number of aromatic nitrogens is 1. The molecule has 2 rings (SSSR count). The maximum absolute atomic E-state index is 12.0. The molecule has 19 heavy (non-hydrogen) atoms. The van der Waals surface area contributed by atoms with Crippen LogP contribution in [0.15, 0.2) is 12.3 Å². The number of hydrogen-bond acceptors (Lipinski definition) is 3. The van der Waals surface area contributed by atoms with Crippen molar-refractivity contribution in [1.82, 2.24) is 4.98 Å². The summed E-state index contributed by atoms with van der Waals surface area (Å²) in [4.78, 5) is 15.9. The second-order valence-electron chi connectivity index (χ2n) is 5.33. The van der Waals surface area contributed by atoms with E-state index in [9.17, 15) is 9.90 Å². The van der Waals surface area contributed by atoms with Gasteiger partial charge in [-0.15, -0.1) is 0 Å². The number of aliphatic hydroxyl groups is 1. The maximum Gasteiger partial charge on any atom is 0.227 e. The number of rotatable bonds is 3. The van der Waals surface area contributed by atoms with Gasteiger partial charge >= 0.3 is 0 Å². The molecule has 1 aliphatic rings. The SMILES string of the molecule is Cc1cc(Cl)ncc1NC(=O)CC1(O)CCCCC1. The minimum Gasteiger partial charge on any atom is -0.389 e. The number of aryl methyl sites for hydroxylation is 1. The van der Waals surface area contributed by atoms with Gasteiger partial charge in [0.25, 0.3) is 0 Å². The van der Waals surface area contributed by atoms with E-state index in [2.05, 4.69) is 10.3 Å². The number of carbonyl (C=O) groups is 1. The van der Waals surface area contributed by atoms with Crippen LogP contribution in [0.3, 0.4) is 0 Å². The number of amides is 1. The van der Waals surface area contributed by atoms with Gasteiger partial charge < -0.3 is 10.4 Å². The van der Waals surface area contributed by atoms with E-state index in [-0.39, 0.29) is 12.3 Å². The maximum atomic E-state index is 12.0. The van der Waals surface area contributed by atoms with Crippen LogP contribution in [0, 0.1) is 6.92 Å². The fourth-order valence-corrected chi connectivity index (χ4v) is 2.74.